The lowest BCUT2D eigenvalue weighted by atomic mass is 10.0. The quantitative estimate of drug-likeness (QED) is 0.679. The number of nitrogens with zero attached hydrogens (tertiary/aromatic N) is 3. The van der Waals surface area contributed by atoms with Crippen molar-refractivity contribution in [3.05, 3.63) is 35.4 Å². The highest BCUT2D eigenvalue weighted by atomic mass is 16.5. The van der Waals surface area contributed by atoms with E-state index < -0.39 is 0 Å². The third-order valence-electron chi connectivity index (χ3n) is 5.11. The first-order valence-electron chi connectivity index (χ1n) is 9.17. The predicted molar refractivity (Wildman–Crippen MR) is 97.9 cm³/mol. The van der Waals surface area contributed by atoms with Gasteiger partial charge in [0.05, 0.1) is 19.8 Å². The summed E-state index contributed by atoms with van der Waals surface area (Å²) in [6.45, 7) is 8.41. The van der Waals surface area contributed by atoms with Gasteiger partial charge in [0, 0.05) is 25.7 Å². The first kappa shape index (κ1) is 17.2. The molecule has 132 valence electrons. The Morgan fingerprint density at radius 1 is 1.12 bits per heavy atom. The lowest BCUT2D eigenvalue weighted by Gasteiger charge is -2.33. The number of guanidine groups is 1. The Labute approximate surface area is 145 Å². The van der Waals surface area contributed by atoms with Crippen LogP contribution in [0.5, 0.6) is 0 Å². The van der Waals surface area contributed by atoms with Gasteiger partial charge in [-0.2, -0.15) is 0 Å². The fourth-order valence-corrected chi connectivity index (χ4v) is 3.44. The van der Waals surface area contributed by atoms with Gasteiger partial charge < -0.3 is 15.4 Å². The molecule has 24 heavy (non-hydrogen) atoms. The molecule has 0 saturated carbocycles. The normalized spacial score (nSPS) is 23.5. The van der Waals surface area contributed by atoms with Crippen molar-refractivity contribution < 1.29 is 4.74 Å². The highest BCUT2D eigenvalue weighted by molar-refractivity contribution is 5.78. The Balaban J connectivity index is 1.52. The van der Waals surface area contributed by atoms with Crippen molar-refractivity contribution in [2.45, 2.75) is 45.3 Å². The Morgan fingerprint density at radius 2 is 1.83 bits per heavy atom. The molecule has 0 amide bonds. The first-order chi connectivity index (χ1) is 11.7. The molecule has 1 unspecified atom stereocenters. The number of nitrogens with two attached hydrogens (primary N) is 1. The summed E-state index contributed by atoms with van der Waals surface area (Å²) >= 11 is 0. The minimum Gasteiger partial charge on any atom is -0.378 e. The van der Waals surface area contributed by atoms with Gasteiger partial charge in [-0.3, -0.25) is 4.90 Å². The van der Waals surface area contributed by atoms with Gasteiger partial charge >= 0.3 is 0 Å². The lowest BCUT2D eigenvalue weighted by molar-refractivity contribution is 0.0674. The summed E-state index contributed by atoms with van der Waals surface area (Å²) in [7, 11) is 0. The Bertz CT molecular complexity index is 537. The van der Waals surface area contributed by atoms with Crippen LogP contribution in [0, 0.1) is 0 Å². The highest BCUT2D eigenvalue weighted by Gasteiger charge is 2.18. The number of hydrogen-bond donors (Lipinski definition) is 1. The molecule has 1 aromatic rings. The molecule has 5 nitrogen and oxygen atoms in total. The molecular weight excluding hydrogens is 300 g/mol. The third-order valence-corrected chi connectivity index (χ3v) is 5.11. The summed E-state index contributed by atoms with van der Waals surface area (Å²) in [6, 6.07) is 9.53. The molecule has 2 N–H and O–H groups in total. The third kappa shape index (κ3) is 4.71. The van der Waals surface area contributed by atoms with Crippen molar-refractivity contribution in [1.82, 2.24) is 9.80 Å². The van der Waals surface area contributed by atoms with Gasteiger partial charge in [0.1, 0.15) is 0 Å². The van der Waals surface area contributed by atoms with Crippen LogP contribution < -0.4 is 5.73 Å². The van der Waals surface area contributed by atoms with Gasteiger partial charge in [-0.15, -0.1) is 0 Å². The topological polar surface area (TPSA) is 54.1 Å². The molecule has 1 atom stereocenters. The molecule has 0 aliphatic carbocycles. The maximum atomic E-state index is 6.08. The summed E-state index contributed by atoms with van der Waals surface area (Å²) in [6.07, 6.45) is 4.03. The van der Waals surface area contributed by atoms with E-state index >= 15 is 0 Å². The van der Waals surface area contributed by atoms with Gasteiger partial charge in [0.2, 0.25) is 0 Å². The molecule has 2 aliphatic heterocycles. The van der Waals surface area contributed by atoms with Crippen LogP contribution in [0.1, 0.15) is 37.3 Å². The largest absolute Gasteiger partial charge is 0.378 e. The van der Waals surface area contributed by atoms with E-state index in [9.17, 15) is 0 Å². The van der Waals surface area contributed by atoms with Gasteiger partial charge in [0.25, 0.3) is 0 Å². The van der Waals surface area contributed by atoms with Gasteiger partial charge in [-0.1, -0.05) is 30.7 Å². The van der Waals surface area contributed by atoms with Gasteiger partial charge in [-0.25, -0.2) is 4.99 Å². The Hall–Kier alpha value is -1.59. The van der Waals surface area contributed by atoms with E-state index in [2.05, 4.69) is 46.0 Å². The van der Waals surface area contributed by atoms with E-state index in [0.717, 1.165) is 32.8 Å². The molecule has 2 aliphatic rings. The number of aliphatic imine (C=N–C) groups is 1. The molecule has 2 saturated heterocycles. The van der Waals surface area contributed by atoms with Crippen LogP contribution in [0.2, 0.25) is 0 Å². The van der Waals surface area contributed by atoms with Crippen molar-refractivity contribution >= 4 is 5.96 Å². The van der Waals surface area contributed by atoms with Crippen LogP contribution in [0.3, 0.4) is 0 Å². The van der Waals surface area contributed by atoms with E-state index in [1.165, 1.54) is 36.9 Å². The predicted octanol–water partition coefficient (Wildman–Crippen LogP) is 2.21. The van der Waals surface area contributed by atoms with Crippen LogP contribution in [0.4, 0.5) is 0 Å². The Kier molecular flexibility index (Phi) is 6.10. The number of morpholine rings is 1. The number of piperidine rings is 1. The zero-order chi connectivity index (χ0) is 16.8. The second-order valence-electron chi connectivity index (χ2n) is 6.91. The molecular formula is C19H30N4O. The van der Waals surface area contributed by atoms with Crippen molar-refractivity contribution in [3.63, 3.8) is 0 Å². The van der Waals surface area contributed by atoms with Gasteiger partial charge in [0.15, 0.2) is 5.96 Å². The zero-order valence-corrected chi connectivity index (χ0v) is 14.8. The average molecular weight is 330 g/mol. The fraction of sp³-hybridized carbons (Fsp3) is 0.632. The van der Waals surface area contributed by atoms with Crippen molar-refractivity contribution in [1.29, 1.82) is 0 Å². The van der Waals surface area contributed by atoms with Crippen LogP contribution >= 0.6 is 0 Å². The molecule has 0 aromatic heterocycles. The summed E-state index contributed by atoms with van der Waals surface area (Å²) in [5.41, 5.74) is 8.68. The average Bonchev–Trinajstić information content (AvgIpc) is 2.63. The SMILES string of the molecule is CC1CCCCN1Cc1ccc(CN=C(N)N2CCOCC2)cc1. The molecule has 2 fully saturated rings. The van der Waals surface area contributed by atoms with E-state index in [0.29, 0.717) is 18.5 Å². The minimum absolute atomic E-state index is 0.629. The van der Waals surface area contributed by atoms with Crippen LogP contribution in [-0.4, -0.2) is 54.6 Å². The lowest BCUT2D eigenvalue weighted by Crippen LogP contribution is -2.44. The number of benzene rings is 1. The summed E-state index contributed by atoms with van der Waals surface area (Å²) in [4.78, 5) is 9.21. The number of rotatable bonds is 4. The van der Waals surface area contributed by atoms with Crippen LogP contribution in [-0.2, 0) is 17.8 Å². The van der Waals surface area contributed by atoms with E-state index in [1.54, 1.807) is 0 Å². The Morgan fingerprint density at radius 3 is 2.54 bits per heavy atom. The monoisotopic (exact) mass is 330 g/mol. The molecule has 5 heteroatoms. The maximum Gasteiger partial charge on any atom is 0.191 e. The maximum absolute atomic E-state index is 6.08. The fourth-order valence-electron chi connectivity index (χ4n) is 3.44. The zero-order valence-electron chi connectivity index (χ0n) is 14.8. The minimum atomic E-state index is 0.629. The van der Waals surface area contributed by atoms with Crippen LogP contribution in [0.25, 0.3) is 0 Å². The van der Waals surface area contributed by atoms with Crippen molar-refractivity contribution in [2.75, 3.05) is 32.8 Å². The molecule has 1 aromatic carbocycles. The second-order valence-corrected chi connectivity index (χ2v) is 6.91. The number of ether oxygens (including phenoxy) is 1. The van der Waals surface area contributed by atoms with Gasteiger partial charge in [-0.05, 0) is 37.4 Å². The summed E-state index contributed by atoms with van der Waals surface area (Å²) in [5, 5.41) is 0. The highest BCUT2D eigenvalue weighted by Crippen LogP contribution is 2.19. The molecule has 0 bridgehead atoms. The standard InChI is InChI=1S/C19H30N4O/c1-16-4-2-3-9-23(16)15-18-7-5-17(6-8-18)14-21-19(20)22-10-12-24-13-11-22/h5-8,16H,2-4,9-15H2,1H3,(H2,20,21). The molecule has 0 spiro atoms. The molecule has 2 heterocycles. The number of hydrogen-bond acceptors (Lipinski definition) is 3. The number of likely N-dealkylation sites (tertiary alicyclic amines) is 1. The van der Waals surface area contributed by atoms with E-state index in [1.807, 2.05) is 0 Å². The summed E-state index contributed by atoms with van der Waals surface area (Å²) < 4.78 is 5.34. The molecule has 3 rings (SSSR count). The second kappa shape index (κ2) is 8.49. The summed E-state index contributed by atoms with van der Waals surface area (Å²) in [5.74, 6) is 0.629. The van der Waals surface area contributed by atoms with Crippen molar-refractivity contribution in [2.24, 2.45) is 10.7 Å². The smallest absolute Gasteiger partial charge is 0.191 e. The van der Waals surface area contributed by atoms with Crippen LogP contribution in [0.15, 0.2) is 29.3 Å². The van der Waals surface area contributed by atoms with E-state index in [-0.39, 0.29) is 0 Å². The molecule has 0 radical (unpaired) electrons. The van der Waals surface area contributed by atoms with E-state index in [4.69, 9.17) is 10.5 Å². The van der Waals surface area contributed by atoms with Crippen molar-refractivity contribution in [3.8, 4) is 0 Å². The first-order valence-corrected chi connectivity index (χ1v) is 9.17.